The Bertz CT molecular complexity index is 416. The summed E-state index contributed by atoms with van der Waals surface area (Å²) in [4.78, 5) is 0. The first-order chi connectivity index (χ1) is 9.17. The molecule has 0 spiro atoms. The summed E-state index contributed by atoms with van der Waals surface area (Å²) in [7, 11) is 1.78. The van der Waals surface area contributed by atoms with Crippen LogP contribution in [0.5, 0.6) is 5.75 Å². The van der Waals surface area contributed by atoms with Gasteiger partial charge in [0.1, 0.15) is 5.75 Å². The predicted molar refractivity (Wildman–Crippen MR) is 81.0 cm³/mol. The highest BCUT2D eigenvalue weighted by molar-refractivity contribution is 5.40. The van der Waals surface area contributed by atoms with Crippen molar-refractivity contribution in [2.24, 2.45) is 5.92 Å². The molecule has 0 aliphatic heterocycles. The summed E-state index contributed by atoms with van der Waals surface area (Å²) >= 11 is 0. The van der Waals surface area contributed by atoms with E-state index in [2.05, 4.69) is 44.3 Å². The molecule has 1 saturated carbocycles. The lowest BCUT2D eigenvalue weighted by Crippen LogP contribution is -2.32. The second-order valence-electron chi connectivity index (χ2n) is 5.85. The van der Waals surface area contributed by atoms with E-state index in [1.54, 1.807) is 7.11 Å². The Kier molecular flexibility index (Phi) is 4.87. The van der Waals surface area contributed by atoms with Gasteiger partial charge in [-0.25, -0.2) is 0 Å². The Morgan fingerprint density at radius 2 is 2.11 bits per heavy atom. The highest BCUT2D eigenvalue weighted by Gasteiger charge is 2.34. The van der Waals surface area contributed by atoms with Crippen LogP contribution in [0, 0.1) is 12.8 Å². The van der Waals surface area contributed by atoms with Gasteiger partial charge in [0.05, 0.1) is 7.11 Å². The van der Waals surface area contributed by atoms with Gasteiger partial charge in [0.25, 0.3) is 0 Å². The number of hydrogen-bond acceptors (Lipinski definition) is 2. The van der Waals surface area contributed by atoms with Gasteiger partial charge in [-0.2, -0.15) is 0 Å². The Balaban J connectivity index is 2.16. The molecule has 0 aromatic heterocycles. The molecule has 0 bridgehead atoms. The van der Waals surface area contributed by atoms with Crippen LogP contribution in [0.3, 0.4) is 0 Å². The molecule has 2 heteroatoms. The summed E-state index contributed by atoms with van der Waals surface area (Å²) in [5.74, 6) is 2.37. The Hall–Kier alpha value is -1.02. The lowest BCUT2D eigenvalue weighted by Gasteiger charge is -2.23. The Labute approximate surface area is 117 Å². The van der Waals surface area contributed by atoms with E-state index in [0.29, 0.717) is 17.9 Å². The Morgan fingerprint density at radius 1 is 1.32 bits per heavy atom. The van der Waals surface area contributed by atoms with Crippen LogP contribution in [0.4, 0.5) is 0 Å². The molecule has 2 nitrogen and oxygen atoms in total. The van der Waals surface area contributed by atoms with Crippen molar-refractivity contribution < 1.29 is 4.74 Å². The lowest BCUT2D eigenvalue weighted by molar-refractivity contribution is 0.380. The number of benzene rings is 1. The monoisotopic (exact) mass is 261 g/mol. The number of ether oxygens (including phenoxy) is 1. The molecule has 1 fully saturated rings. The molecule has 3 unspecified atom stereocenters. The fourth-order valence-electron chi connectivity index (χ4n) is 3.37. The van der Waals surface area contributed by atoms with Gasteiger partial charge < -0.3 is 10.1 Å². The first kappa shape index (κ1) is 14.4. The summed E-state index contributed by atoms with van der Waals surface area (Å²) in [5, 5.41) is 3.69. The zero-order valence-corrected chi connectivity index (χ0v) is 12.7. The number of rotatable bonds is 5. The number of aryl methyl sites for hydroxylation is 1. The third-order valence-electron chi connectivity index (χ3n) is 4.50. The van der Waals surface area contributed by atoms with E-state index in [0.717, 1.165) is 12.3 Å². The van der Waals surface area contributed by atoms with Crippen LogP contribution in [-0.2, 0) is 0 Å². The minimum atomic E-state index is 0.629. The van der Waals surface area contributed by atoms with Gasteiger partial charge in [-0.1, -0.05) is 31.5 Å². The summed E-state index contributed by atoms with van der Waals surface area (Å²) in [6, 6.07) is 7.22. The molecule has 19 heavy (non-hydrogen) atoms. The van der Waals surface area contributed by atoms with E-state index in [1.807, 2.05) is 0 Å². The van der Waals surface area contributed by atoms with Crippen molar-refractivity contribution in [3.63, 3.8) is 0 Å². The second kappa shape index (κ2) is 6.42. The van der Waals surface area contributed by atoms with Crippen LogP contribution in [0.25, 0.3) is 0 Å². The van der Waals surface area contributed by atoms with Crippen LogP contribution >= 0.6 is 0 Å². The average molecular weight is 261 g/mol. The lowest BCUT2D eigenvalue weighted by atomic mass is 9.87. The number of methoxy groups -OCH3 is 1. The van der Waals surface area contributed by atoms with E-state index in [-0.39, 0.29) is 0 Å². The quantitative estimate of drug-likeness (QED) is 0.868. The molecule has 1 aromatic rings. The van der Waals surface area contributed by atoms with Crippen LogP contribution in [0.1, 0.15) is 50.2 Å². The Morgan fingerprint density at radius 3 is 2.79 bits per heavy atom. The molecule has 0 radical (unpaired) electrons. The van der Waals surface area contributed by atoms with E-state index in [1.165, 1.54) is 30.4 Å². The zero-order chi connectivity index (χ0) is 13.8. The third-order valence-corrected chi connectivity index (χ3v) is 4.50. The molecule has 0 saturated heterocycles. The molecule has 1 aromatic carbocycles. The molecule has 3 atom stereocenters. The maximum absolute atomic E-state index is 5.56. The highest BCUT2D eigenvalue weighted by Crippen LogP contribution is 2.43. The van der Waals surface area contributed by atoms with E-state index >= 15 is 0 Å². The molecule has 0 amide bonds. The van der Waals surface area contributed by atoms with Crippen molar-refractivity contribution in [3.8, 4) is 5.75 Å². The molecule has 2 rings (SSSR count). The number of nitrogens with one attached hydrogen (secondary N) is 1. The minimum Gasteiger partial charge on any atom is -0.496 e. The average Bonchev–Trinajstić information content (AvgIpc) is 2.77. The third kappa shape index (κ3) is 3.11. The van der Waals surface area contributed by atoms with Gasteiger partial charge in [0, 0.05) is 6.04 Å². The molecule has 1 aliphatic carbocycles. The van der Waals surface area contributed by atoms with Gasteiger partial charge in [0.2, 0.25) is 0 Å². The molecule has 1 aliphatic rings. The summed E-state index contributed by atoms with van der Waals surface area (Å²) < 4.78 is 5.56. The largest absolute Gasteiger partial charge is 0.496 e. The molecule has 106 valence electrons. The van der Waals surface area contributed by atoms with Crippen LogP contribution in [0.2, 0.25) is 0 Å². The molecule has 0 heterocycles. The van der Waals surface area contributed by atoms with Crippen LogP contribution in [0.15, 0.2) is 18.2 Å². The predicted octanol–water partition coefficient (Wildman–Crippen LogP) is 3.89. The van der Waals surface area contributed by atoms with Gasteiger partial charge in [-0.3, -0.25) is 0 Å². The summed E-state index contributed by atoms with van der Waals surface area (Å²) in [6.07, 6.45) is 3.76. The molecule has 1 N–H and O–H groups in total. The van der Waals surface area contributed by atoms with E-state index in [4.69, 9.17) is 4.74 Å². The van der Waals surface area contributed by atoms with Crippen LogP contribution in [-0.4, -0.2) is 19.7 Å². The molecular formula is C17H27NO. The second-order valence-corrected chi connectivity index (χ2v) is 5.85. The topological polar surface area (TPSA) is 21.3 Å². The van der Waals surface area contributed by atoms with Gasteiger partial charge in [-0.05, 0) is 56.2 Å². The highest BCUT2D eigenvalue weighted by atomic mass is 16.5. The zero-order valence-electron chi connectivity index (χ0n) is 12.7. The fraction of sp³-hybridized carbons (Fsp3) is 0.647. The van der Waals surface area contributed by atoms with Gasteiger partial charge in [-0.15, -0.1) is 0 Å². The van der Waals surface area contributed by atoms with E-state index < -0.39 is 0 Å². The molecular weight excluding hydrogens is 234 g/mol. The summed E-state index contributed by atoms with van der Waals surface area (Å²) in [6.45, 7) is 7.91. The van der Waals surface area contributed by atoms with Gasteiger partial charge >= 0.3 is 0 Å². The first-order valence-electron chi connectivity index (χ1n) is 7.55. The smallest absolute Gasteiger partial charge is 0.122 e. The minimum absolute atomic E-state index is 0.629. The maximum Gasteiger partial charge on any atom is 0.122 e. The first-order valence-corrected chi connectivity index (χ1v) is 7.55. The van der Waals surface area contributed by atoms with Gasteiger partial charge in [0.15, 0.2) is 0 Å². The van der Waals surface area contributed by atoms with Crippen molar-refractivity contribution in [1.29, 1.82) is 0 Å². The van der Waals surface area contributed by atoms with Crippen molar-refractivity contribution in [2.45, 2.75) is 52.0 Å². The summed E-state index contributed by atoms with van der Waals surface area (Å²) in [5.41, 5.74) is 2.73. The van der Waals surface area contributed by atoms with Crippen molar-refractivity contribution in [3.05, 3.63) is 29.3 Å². The van der Waals surface area contributed by atoms with Crippen LogP contribution < -0.4 is 10.1 Å². The standard InChI is InChI=1S/C17H27NO/c1-5-10-18-16-8-7-14(13(16)3)15-11-12(2)6-9-17(15)19-4/h6,9,11,13-14,16,18H,5,7-8,10H2,1-4H3. The normalized spacial score (nSPS) is 26.6. The maximum atomic E-state index is 5.56. The SMILES string of the molecule is CCCNC1CCC(c2cc(C)ccc2OC)C1C. The number of hydrogen-bond donors (Lipinski definition) is 1. The fourth-order valence-corrected chi connectivity index (χ4v) is 3.37. The van der Waals surface area contributed by atoms with Crippen molar-refractivity contribution in [2.75, 3.05) is 13.7 Å². The van der Waals surface area contributed by atoms with E-state index in [9.17, 15) is 0 Å². The van der Waals surface area contributed by atoms with Crippen molar-refractivity contribution >= 4 is 0 Å². The van der Waals surface area contributed by atoms with Crippen molar-refractivity contribution in [1.82, 2.24) is 5.32 Å².